The van der Waals surface area contributed by atoms with E-state index in [0.717, 1.165) is 4.70 Å². The summed E-state index contributed by atoms with van der Waals surface area (Å²) in [7, 11) is 3.00. The van der Waals surface area contributed by atoms with Crippen molar-refractivity contribution in [3.8, 4) is 11.5 Å². The van der Waals surface area contributed by atoms with Gasteiger partial charge in [0.15, 0.2) is 17.3 Å². The van der Waals surface area contributed by atoms with Crippen LogP contribution in [0, 0.1) is 5.82 Å². The number of halogens is 1. The lowest BCUT2D eigenvalue weighted by Gasteiger charge is -2.08. The summed E-state index contributed by atoms with van der Waals surface area (Å²) < 4.78 is 24.8. The van der Waals surface area contributed by atoms with E-state index in [0.29, 0.717) is 27.3 Å². The van der Waals surface area contributed by atoms with Crippen molar-refractivity contribution in [3.05, 3.63) is 58.7 Å². The lowest BCUT2D eigenvalue weighted by molar-refractivity contribution is -0.121. The monoisotopic (exact) mass is 414 g/mol. The van der Waals surface area contributed by atoms with Gasteiger partial charge in [0.05, 0.1) is 20.4 Å². The number of benzene rings is 2. The Morgan fingerprint density at radius 2 is 1.90 bits per heavy atom. The number of carbonyl (C=O) groups excluding carboxylic acids is 2. The zero-order chi connectivity index (χ0) is 20.8. The average Bonchev–Trinajstić information content (AvgIpc) is 3.15. The third kappa shape index (κ3) is 4.97. The third-order valence-electron chi connectivity index (χ3n) is 4.19. The number of amides is 1. The van der Waals surface area contributed by atoms with Gasteiger partial charge in [0.2, 0.25) is 5.91 Å². The Kier molecular flexibility index (Phi) is 6.56. The Hall–Kier alpha value is -3.26. The highest BCUT2D eigenvalue weighted by atomic mass is 32.1. The molecule has 0 fully saturated rings. The molecule has 0 saturated carbocycles. The molecule has 0 radical (unpaired) electrons. The first-order valence-electron chi connectivity index (χ1n) is 8.77. The Balaban J connectivity index is 1.53. The molecular weight excluding hydrogens is 395 g/mol. The molecule has 2 aromatic carbocycles. The van der Waals surface area contributed by atoms with Gasteiger partial charge in [-0.25, -0.2) is 9.82 Å². The van der Waals surface area contributed by atoms with E-state index in [1.54, 1.807) is 30.3 Å². The highest BCUT2D eigenvalue weighted by molar-refractivity contribution is 7.20. The minimum Gasteiger partial charge on any atom is -0.493 e. The van der Waals surface area contributed by atoms with E-state index < -0.39 is 0 Å². The number of hydrogen-bond acceptors (Lipinski definition) is 6. The summed E-state index contributed by atoms with van der Waals surface area (Å²) in [6.07, 6.45) is 1.48. The number of nitrogens with one attached hydrogen (secondary N) is 1. The lowest BCUT2D eigenvalue weighted by Crippen LogP contribution is -2.18. The minimum absolute atomic E-state index is 0.00837. The number of thiophene rings is 1. The number of hydrogen-bond donors (Lipinski definition) is 1. The van der Waals surface area contributed by atoms with E-state index in [-0.39, 0.29) is 30.3 Å². The molecule has 0 atom stereocenters. The molecule has 3 aromatic rings. The Labute approximate surface area is 170 Å². The largest absolute Gasteiger partial charge is 0.493 e. The van der Waals surface area contributed by atoms with Gasteiger partial charge < -0.3 is 9.47 Å². The van der Waals surface area contributed by atoms with E-state index in [1.165, 1.54) is 37.8 Å². The summed E-state index contributed by atoms with van der Waals surface area (Å²) in [5, 5.41) is 4.40. The third-order valence-corrected chi connectivity index (χ3v) is 5.23. The molecule has 6 nitrogen and oxygen atoms in total. The van der Waals surface area contributed by atoms with Crippen LogP contribution >= 0.6 is 11.3 Å². The van der Waals surface area contributed by atoms with Crippen molar-refractivity contribution >= 4 is 39.3 Å². The Morgan fingerprint density at radius 1 is 1.10 bits per heavy atom. The van der Waals surface area contributed by atoms with Crippen LogP contribution in [-0.2, 0) is 4.79 Å². The molecule has 1 amide bonds. The van der Waals surface area contributed by atoms with Gasteiger partial charge in [-0.15, -0.1) is 11.3 Å². The van der Waals surface area contributed by atoms with Crippen molar-refractivity contribution in [1.29, 1.82) is 0 Å². The number of Topliss-reactive ketones (excluding diaryl/α,β-unsaturated/α-hetero) is 1. The van der Waals surface area contributed by atoms with Gasteiger partial charge in [-0.1, -0.05) is 6.07 Å². The Bertz CT molecular complexity index is 1080. The van der Waals surface area contributed by atoms with Crippen LogP contribution in [0.5, 0.6) is 11.5 Å². The second-order valence-corrected chi connectivity index (χ2v) is 7.20. The summed E-state index contributed by atoms with van der Waals surface area (Å²) in [4.78, 5) is 24.9. The van der Waals surface area contributed by atoms with E-state index in [1.807, 2.05) is 6.07 Å². The number of hydrazone groups is 1. The molecule has 3 rings (SSSR count). The van der Waals surface area contributed by atoms with Gasteiger partial charge in [-0.05, 0) is 36.4 Å². The van der Waals surface area contributed by atoms with Crippen LogP contribution < -0.4 is 14.9 Å². The van der Waals surface area contributed by atoms with Crippen LogP contribution in [0.3, 0.4) is 0 Å². The van der Waals surface area contributed by atoms with E-state index in [4.69, 9.17) is 9.47 Å². The molecule has 1 heterocycles. The average molecular weight is 414 g/mol. The summed E-state index contributed by atoms with van der Waals surface area (Å²) in [6, 6.07) is 11.4. The second-order valence-electron chi connectivity index (χ2n) is 6.09. The van der Waals surface area contributed by atoms with Crippen molar-refractivity contribution in [3.63, 3.8) is 0 Å². The maximum atomic E-state index is 13.7. The molecule has 29 heavy (non-hydrogen) atoms. The SMILES string of the molecule is COc1ccc(C(=O)CCC(=O)N/N=C/c2cc3c(F)cccc3s2)cc1OC. The molecule has 8 heteroatoms. The number of fused-ring (bicyclic) bond motifs is 1. The summed E-state index contributed by atoms with van der Waals surface area (Å²) in [5.74, 6) is 0.105. The molecule has 0 aliphatic rings. The first kappa shape index (κ1) is 20.5. The number of rotatable bonds is 8. The van der Waals surface area contributed by atoms with Crippen LogP contribution in [0.15, 0.2) is 47.6 Å². The van der Waals surface area contributed by atoms with Gasteiger partial charge in [-0.2, -0.15) is 5.10 Å². The van der Waals surface area contributed by atoms with Crippen LogP contribution in [0.4, 0.5) is 4.39 Å². The van der Waals surface area contributed by atoms with Crippen LogP contribution in [0.25, 0.3) is 10.1 Å². The van der Waals surface area contributed by atoms with E-state index in [2.05, 4.69) is 10.5 Å². The number of carbonyl (C=O) groups is 2. The molecular formula is C21H19FN2O4S. The molecule has 0 bridgehead atoms. The molecule has 0 unspecified atom stereocenters. The predicted octanol–water partition coefficient (Wildman–Crippen LogP) is 4.17. The first-order valence-corrected chi connectivity index (χ1v) is 9.58. The van der Waals surface area contributed by atoms with Crippen molar-refractivity contribution < 1.29 is 23.5 Å². The van der Waals surface area contributed by atoms with Crippen molar-refractivity contribution in [2.45, 2.75) is 12.8 Å². The topological polar surface area (TPSA) is 77.0 Å². The molecule has 150 valence electrons. The second kappa shape index (κ2) is 9.29. The fourth-order valence-corrected chi connectivity index (χ4v) is 3.66. The number of methoxy groups -OCH3 is 2. The maximum absolute atomic E-state index is 13.7. The van der Waals surface area contributed by atoms with Crippen molar-refractivity contribution in [2.24, 2.45) is 5.10 Å². The first-order chi connectivity index (χ1) is 14.0. The molecule has 1 aromatic heterocycles. The van der Waals surface area contributed by atoms with Crippen molar-refractivity contribution in [1.82, 2.24) is 5.43 Å². The molecule has 0 saturated heterocycles. The van der Waals surface area contributed by atoms with Gasteiger partial charge in [-0.3, -0.25) is 9.59 Å². The summed E-state index contributed by atoms with van der Waals surface area (Å²) in [6.45, 7) is 0. The normalized spacial score (nSPS) is 11.0. The van der Waals surface area contributed by atoms with Gasteiger partial charge >= 0.3 is 0 Å². The number of ketones is 1. The molecule has 0 aliphatic heterocycles. The molecule has 1 N–H and O–H groups in total. The fourth-order valence-electron chi connectivity index (χ4n) is 2.71. The lowest BCUT2D eigenvalue weighted by atomic mass is 10.1. The summed E-state index contributed by atoms with van der Waals surface area (Å²) in [5.41, 5.74) is 2.82. The molecule has 0 spiro atoms. The van der Waals surface area contributed by atoms with E-state index >= 15 is 0 Å². The van der Waals surface area contributed by atoms with Crippen LogP contribution in [0.1, 0.15) is 28.1 Å². The quantitative estimate of drug-likeness (QED) is 0.341. The zero-order valence-corrected chi connectivity index (χ0v) is 16.7. The minimum atomic E-state index is -0.387. The standard InChI is InChI=1S/C21H19FN2O4S/c1-27-18-8-6-13(10-19(18)28-2)17(25)7-9-21(26)24-23-12-14-11-15-16(22)4-3-5-20(15)29-14/h3-6,8,10-12H,7,9H2,1-2H3,(H,24,26)/b23-12+. The van der Waals surface area contributed by atoms with Crippen LogP contribution in [0.2, 0.25) is 0 Å². The highest BCUT2D eigenvalue weighted by Crippen LogP contribution is 2.28. The smallest absolute Gasteiger partial charge is 0.240 e. The predicted molar refractivity (Wildman–Crippen MR) is 111 cm³/mol. The van der Waals surface area contributed by atoms with Gasteiger partial charge in [0, 0.05) is 33.4 Å². The van der Waals surface area contributed by atoms with Gasteiger partial charge in [0.25, 0.3) is 0 Å². The zero-order valence-electron chi connectivity index (χ0n) is 15.9. The highest BCUT2D eigenvalue weighted by Gasteiger charge is 2.12. The van der Waals surface area contributed by atoms with E-state index in [9.17, 15) is 14.0 Å². The summed E-state index contributed by atoms with van der Waals surface area (Å²) >= 11 is 1.37. The van der Waals surface area contributed by atoms with Crippen molar-refractivity contribution in [2.75, 3.05) is 14.2 Å². The molecule has 0 aliphatic carbocycles. The number of nitrogens with zero attached hydrogens (tertiary/aromatic N) is 1. The maximum Gasteiger partial charge on any atom is 0.240 e. The van der Waals surface area contributed by atoms with Gasteiger partial charge in [0.1, 0.15) is 5.82 Å². The fraction of sp³-hybridized carbons (Fsp3) is 0.190. The van der Waals surface area contributed by atoms with Crippen LogP contribution in [-0.4, -0.2) is 32.1 Å². The number of ether oxygens (including phenoxy) is 2. The Morgan fingerprint density at radius 3 is 2.62 bits per heavy atom.